The van der Waals surface area contributed by atoms with Gasteiger partial charge in [-0.1, -0.05) is 6.07 Å². The van der Waals surface area contributed by atoms with Gasteiger partial charge in [0.2, 0.25) is 0 Å². The van der Waals surface area contributed by atoms with Crippen LogP contribution in [0.5, 0.6) is 0 Å². The lowest BCUT2D eigenvalue weighted by Gasteiger charge is -2.31. The molecule has 1 aliphatic rings. The minimum Gasteiger partial charge on any atom is -0.381 e. The predicted molar refractivity (Wildman–Crippen MR) is 98.9 cm³/mol. The highest BCUT2D eigenvalue weighted by atomic mass is 19.1. The van der Waals surface area contributed by atoms with E-state index < -0.39 is 17.2 Å². The Bertz CT molecular complexity index is 1090. The van der Waals surface area contributed by atoms with Crippen LogP contribution in [0.15, 0.2) is 53.9 Å². The molecule has 1 atom stereocenters. The average molecular weight is 381 g/mol. The molecule has 0 radical (unpaired) electrons. The van der Waals surface area contributed by atoms with Crippen LogP contribution in [-0.2, 0) is 18.5 Å². The molecule has 4 rings (SSSR count). The van der Waals surface area contributed by atoms with Crippen molar-refractivity contribution in [2.45, 2.75) is 25.4 Å². The Kier molecular flexibility index (Phi) is 4.26. The number of carbonyl (C=O) groups is 1. The summed E-state index contributed by atoms with van der Waals surface area (Å²) < 4.78 is 29.5. The van der Waals surface area contributed by atoms with Crippen LogP contribution in [-0.4, -0.2) is 26.2 Å². The first-order valence-corrected chi connectivity index (χ1v) is 8.66. The molecule has 0 saturated heterocycles. The molecule has 2 aromatic heterocycles. The van der Waals surface area contributed by atoms with Crippen LogP contribution in [0.2, 0.25) is 0 Å². The zero-order valence-corrected chi connectivity index (χ0v) is 15.1. The predicted octanol–water partition coefficient (Wildman–Crippen LogP) is 2.62. The van der Waals surface area contributed by atoms with Gasteiger partial charge >= 0.3 is 0 Å². The SMILES string of the molecule is CC1(c2cc(CC(=O)c3ccc(F)cn3)ccc2F)Cn2ccnc2C(N)=N1. The first-order valence-electron chi connectivity index (χ1n) is 8.66. The quantitative estimate of drug-likeness (QED) is 0.704. The number of amidine groups is 1. The van der Waals surface area contributed by atoms with Gasteiger partial charge in [-0.25, -0.2) is 13.8 Å². The summed E-state index contributed by atoms with van der Waals surface area (Å²) >= 11 is 0. The molecule has 3 heterocycles. The number of benzene rings is 1. The number of fused-ring (bicyclic) bond motifs is 1. The Morgan fingerprint density at radius 3 is 2.82 bits per heavy atom. The maximum atomic E-state index is 14.7. The zero-order chi connectivity index (χ0) is 19.9. The number of hydrogen-bond donors (Lipinski definition) is 1. The third kappa shape index (κ3) is 3.17. The number of rotatable bonds is 4. The van der Waals surface area contributed by atoms with E-state index in [1.54, 1.807) is 31.5 Å². The van der Waals surface area contributed by atoms with Gasteiger partial charge in [-0.05, 0) is 36.8 Å². The Balaban J connectivity index is 1.65. The van der Waals surface area contributed by atoms with Crippen LogP contribution in [0.3, 0.4) is 0 Å². The molecule has 0 spiro atoms. The summed E-state index contributed by atoms with van der Waals surface area (Å²) in [5.74, 6) is -0.452. The highest BCUT2D eigenvalue weighted by molar-refractivity contribution is 5.96. The van der Waals surface area contributed by atoms with Crippen molar-refractivity contribution in [1.29, 1.82) is 0 Å². The molecule has 0 amide bonds. The van der Waals surface area contributed by atoms with E-state index >= 15 is 0 Å². The highest BCUT2D eigenvalue weighted by Crippen LogP contribution is 2.33. The number of pyridine rings is 1. The smallest absolute Gasteiger partial charge is 0.185 e. The Labute approximate surface area is 159 Å². The van der Waals surface area contributed by atoms with Gasteiger partial charge in [-0.15, -0.1) is 0 Å². The molecule has 3 aromatic rings. The van der Waals surface area contributed by atoms with E-state index in [1.165, 1.54) is 18.2 Å². The Morgan fingerprint density at radius 1 is 1.25 bits per heavy atom. The van der Waals surface area contributed by atoms with Crippen molar-refractivity contribution >= 4 is 11.6 Å². The van der Waals surface area contributed by atoms with Crippen LogP contribution >= 0.6 is 0 Å². The number of carbonyl (C=O) groups excluding carboxylic acids is 1. The van der Waals surface area contributed by atoms with E-state index in [1.807, 2.05) is 4.57 Å². The minimum atomic E-state index is -0.935. The number of nitrogens with zero attached hydrogens (tertiary/aromatic N) is 4. The summed E-state index contributed by atoms with van der Waals surface area (Å²) in [6.07, 6.45) is 4.38. The third-order valence-corrected chi connectivity index (χ3v) is 4.78. The summed E-state index contributed by atoms with van der Waals surface area (Å²) in [4.78, 5) is 24.9. The highest BCUT2D eigenvalue weighted by Gasteiger charge is 2.35. The van der Waals surface area contributed by atoms with Crippen LogP contribution in [0.25, 0.3) is 0 Å². The molecule has 2 N–H and O–H groups in total. The number of ketones is 1. The lowest BCUT2D eigenvalue weighted by Crippen LogP contribution is -2.37. The molecule has 28 heavy (non-hydrogen) atoms. The van der Waals surface area contributed by atoms with Crippen molar-refractivity contribution in [3.05, 3.63) is 83.2 Å². The number of nitrogens with two attached hydrogens (primary N) is 1. The minimum absolute atomic E-state index is 0.0114. The normalized spacial score (nSPS) is 18.5. The van der Waals surface area contributed by atoms with Gasteiger partial charge in [0.15, 0.2) is 17.4 Å². The molecule has 6 nitrogen and oxygen atoms in total. The molecule has 0 aliphatic carbocycles. The van der Waals surface area contributed by atoms with Gasteiger partial charge < -0.3 is 10.3 Å². The van der Waals surface area contributed by atoms with Crippen LogP contribution in [0.1, 0.15) is 34.4 Å². The first kappa shape index (κ1) is 18.0. The van der Waals surface area contributed by atoms with Crippen LogP contribution < -0.4 is 5.73 Å². The van der Waals surface area contributed by atoms with Gasteiger partial charge in [0, 0.05) is 24.4 Å². The summed E-state index contributed by atoms with van der Waals surface area (Å²) in [6.45, 7) is 2.16. The van der Waals surface area contributed by atoms with Crippen molar-refractivity contribution in [3.8, 4) is 0 Å². The number of aliphatic imine (C=N–C) groups is 1. The number of hydrogen-bond acceptors (Lipinski definition) is 5. The summed E-state index contributed by atoms with van der Waals surface area (Å²) in [6, 6.07) is 6.99. The number of imidazole rings is 1. The fourth-order valence-electron chi connectivity index (χ4n) is 3.41. The van der Waals surface area contributed by atoms with E-state index in [2.05, 4.69) is 15.0 Å². The maximum absolute atomic E-state index is 14.7. The molecule has 142 valence electrons. The molecule has 1 unspecified atom stereocenters. The zero-order valence-electron chi connectivity index (χ0n) is 15.1. The first-order chi connectivity index (χ1) is 13.4. The largest absolute Gasteiger partial charge is 0.381 e. The lowest BCUT2D eigenvalue weighted by atomic mass is 9.88. The molecule has 0 saturated carbocycles. The molecule has 1 aliphatic heterocycles. The Hall–Kier alpha value is -3.42. The van der Waals surface area contributed by atoms with Gasteiger partial charge in [-0.2, -0.15) is 0 Å². The Morgan fingerprint density at radius 2 is 2.07 bits per heavy atom. The summed E-state index contributed by atoms with van der Waals surface area (Å²) in [7, 11) is 0. The average Bonchev–Trinajstić information content (AvgIpc) is 3.12. The number of halogens is 2. The molecule has 8 heteroatoms. The van der Waals surface area contributed by atoms with E-state index in [-0.39, 0.29) is 23.7 Å². The molecule has 0 fully saturated rings. The van der Waals surface area contributed by atoms with Crippen LogP contribution in [0, 0.1) is 11.6 Å². The van der Waals surface area contributed by atoms with Gasteiger partial charge in [0.25, 0.3) is 0 Å². The van der Waals surface area contributed by atoms with E-state index in [9.17, 15) is 13.6 Å². The molecule has 1 aromatic carbocycles. The van der Waals surface area contributed by atoms with Gasteiger partial charge in [-0.3, -0.25) is 14.8 Å². The van der Waals surface area contributed by atoms with Gasteiger partial charge in [0.1, 0.15) is 22.9 Å². The summed E-state index contributed by atoms with van der Waals surface area (Å²) in [5, 5.41) is 0. The second-order valence-electron chi connectivity index (χ2n) is 6.93. The third-order valence-electron chi connectivity index (χ3n) is 4.78. The van der Waals surface area contributed by atoms with Crippen molar-refractivity contribution in [3.63, 3.8) is 0 Å². The van der Waals surface area contributed by atoms with Crippen molar-refractivity contribution < 1.29 is 13.6 Å². The fraction of sp³-hybridized carbons (Fsp3) is 0.200. The summed E-state index contributed by atoms with van der Waals surface area (Å²) in [5.41, 5.74) is 6.18. The fourth-order valence-corrected chi connectivity index (χ4v) is 3.41. The van der Waals surface area contributed by atoms with Crippen molar-refractivity contribution in [2.75, 3.05) is 0 Å². The topological polar surface area (TPSA) is 86.2 Å². The van der Waals surface area contributed by atoms with E-state index in [0.717, 1.165) is 6.20 Å². The monoisotopic (exact) mass is 381 g/mol. The molecular weight excluding hydrogens is 364 g/mol. The number of Topliss-reactive ketones (excluding diaryl/α,β-unsaturated/α-hetero) is 1. The van der Waals surface area contributed by atoms with E-state index in [0.29, 0.717) is 23.5 Å². The van der Waals surface area contributed by atoms with Gasteiger partial charge in [0.05, 0.1) is 12.7 Å². The van der Waals surface area contributed by atoms with Crippen molar-refractivity contribution in [1.82, 2.24) is 14.5 Å². The van der Waals surface area contributed by atoms with Crippen LogP contribution in [0.4, 0.5) is 8.78 Å². The standard InChI is InChI=1S/C20H17F2N5O/c1-20(11-27-7-6-24-19(27)18(23)26-20)14-8-12(2-4-15(14)22)9-17(28)16-5-3-13(21)10-25-16/h2-8,10H,9,11H2,1H3,(H2,23,26). The van der Waals surface area contributed by atoms with Crippen molar-refractivity contribution in [2.24, 2.45) is 10.7 Å². The maximum Gasteiger partial charge on any atom is 0.185 e. The molecular formula is C20H17F2N5O. The lowest BCUT2D eigenvalue weighted by molar-refractivity contribution is 0.0988. The number of aromatic nitrogens is 3. The molecule has 0 bridgehead atoms. The second-order valence-corrected chi connectivity index (χ2v) is 6.93. The van der Waals surface area contributed by atoms with E-state index in [4.69, 9.17) is 5.73 Å². The second kappa shape index (κ2) is 6.63.